The molecule has 0 unspecified atom stereocenters. The Kier molecular flexibility index (Phi) is 4.53. The van der Waals surface area contributed by atoms with Gasteiger partial charge in [-0.05, 0) is 35.4 Å². The van der Waals surface area contributed by atoms with E-state index in [1.807, 2.05) is 6.07 Å². The Morgan fingerprint density at radius 2 is 1.62 bits per heavy atom. The zero-order chi connectivity index (χ0) is 18.8. The Morgan fingerprint density at radius 1 is 0.962 bits per heavy atom. The van der Waals surface area contributed by atoms with Crippen molar-refractivity contribution >= 4 is 16.9 Å². The molecule has 0 aliphatic rings. The van der Waals surface area contributed by atoms with E-state index in [4.69, 9.17) is 19.3 Å². The molecule has 0 aliphatic heterocycles. The van der Waals surface area contributed by atoms with Crippen molar-refractivity contribution in [3.05, 3.63) is 52.3 Å². The van der Waals surface area contributed by atoms with Gasteiger partial charge in [0.2, 0.25) is 11.2 Å². The molecular formula is C19H17NO6. The Balaban J connectivity index is 2.24. The number of pyridine rings is 1. The molecule has 0 aliphatic carbocycles. The van der Waals surface area contributed by atoms with Gasteiger partial charge in [0.25, 0.3) is 0 Å². The van der Waals surface area contributed by atoms with Gasteiger partial charge in [-0.2, -0.15) is 0 Å². The first-order valence-electron chi connectivity index (χ1n) is 7.69. The summed E-state index contributed by atoms with van der Waals surface area (Å²) in [7, 11) is 4.56. The van der Waals surface area contributed by atoms with Crippen molar-refractivity contribution in [2.75, 3.05) is 21.3 Å². The third-order valence-corrected chi connectivity index (χ3v) is 4.11. The molecule has 1 aromatic heterocycles. The van der Waals surface area contributed by atoms with Crippen LogP contribution in [0.25, 0.3) is 22.0 Å². The van der Waals surface area contributed by atoms with Crippen LogP contribution in [0.15, 0.2) is 41.3 Å². The van der Waals surface area contributed by atoms with Gasteiger partial charge in [0.1, 0.15) is 5.56 Å². The summed E-state index contributed by atoms with van der Waals surface area (Å²) in [6, 6.07) is 8.71. The fourth-order valence-electron chi connectivity index (χ4n) is 2.80. The van der Waals surface area contributed by atoms with Crippen LogP contribution in [0.3, 0.4) is 0 Å². The van der Waals surface area contributed by atoms with Crippen LogP contribution in [-0.2, 0) is 0 Å². The van der Waals surface area contributed by atoms with E-state index in [0.29, 0.717) is 28.3 Å². The third-order valence-electron chi connectivity index (χ3n) is 4.11. The number of carboxylic acid groups (broad SMARTS) is 1. The maximum atomic E-state index is 12.4. The van der Waals surface area contributed by atoms with Crippen molar-refractivity contribution in [1.82, 2.24) is 4.98 Å². The first-order valence-corrected chi connectivity index (χ1v) is 7.69. The van der Waals surface area contributed by atoms with Gasteiger partial charge in [-0.1, -0.05) is 6.07 Å². The monoisotopic (exact) mass is 355 g/mol. The minimum absolute atomic E-state index is 0.288. The second kappa shape index (κ2) is 6.79. The molecule has 0 fully saturated rings. The zero-order valence-corrected chi connectivity index (χ0v) is 14.5. The zero-order valence-electron chi connectivity index (χ0n) is 14.5. The highest BCUT2D eigenvalue weighted by molar-refractivity contribution is 5.93. The summed E-state index contributed by atoms with van der Waals surface area (Å²) in [5.41, 5.74) is 1.16. The number of aromatic amines is 1. The molecule has 134 valence electrons. The summed E-state index contributed by atoms with van der Waals surface area (Å²) in [6.07, 6.45) is 1.20. The van der Waals surface area contributed by atoms with E-state index in [9.17, 15) is 9.59 Å². The van der Waals surface area contributed by atoms with Crippen molar-refractivity contribution in [1.29, 1.82) is 0 Å². The normalized spacial score (nSPS) is 10.6. The van der Waals surface area contributed by atoms with Crippen molar-refractivity contribution < 1.29 is 24.1 Å². The molecule has 3 rings (SSSR count). The van der Waals surface area contributed by atoms with Gasteiger partial charge in [-0.25, -0.2) is 4.79 Å². The molecule has 0 saturated carbocycles. The smallest absolute Gasteiger partial charge is 0.341 e. The van der Waals surface area contributed by atoms with Crippen molar-refractivity contribution in [2.24, 2.45) is 0 Å². The number of H-pyrrole nitrogens is 1. The number of hydrogen-bond acceptors (Lipinski definition) is 5. The summed E-state index contributed by atoms with van der Waals surface area (Å²) in [6.45, 7) is 0. The van der Waals surface area contributed by atoms with Crippen molar-refractivity contribution in [3.63, 3.8) is 0 Å². The Bertz CT molecular complexity index is 1030. The number of nitrogens with one attached hydrogen (secondary N) is 1. The summed E-state index contributed by atoms with van der Waals surface area (Å²) in [4.78, 5) is 26.5. The molecule has 7 heteroatoms. The number of rotatable bonds is 5. The minimum Gasteiger partial charge on any atom is -0.493 e. The number of ether oxygens (including phenoxy) is 3. The van der Waals surface area contributed by atoms with E-state index >= 15 is 0 Å². The van der Waals surface area contributed by atoms with Crippen LogP contribution in [0.2, 0.25) is 0 Å². The summed E-state index contributed by atoms with van der Waals surface area (Å²) in [5.74, 6) is 0.155. The maximum Gasteiger partial charge on any atom is 0.341 e. The van der Waals surface area contributed by atoms with Crippen LogP contribution in [0.4, 0.5) is 0 Å². The van der Waals surface area contributed by atoms with E-state index in [2.05, 4.69) is 4.98 Å². The number of carbonyl (C=O) groups is 1. The summed E-state index contributed by atoms with van der Waals surface area (Å²) in [5, 5.41) is 9.43. The first kappa shape index (κ1) is 17.3. The van der Waals surface area contributed by atoms with Crippen LogP contribution in [0.5, 0.6) is 17.2 Å². The van der Waals surface area contributed by atoms with E-state index in [1.54, 1.807) is 24.3 Å². The summed E-state index contributed by atoms with van der Waals surface area (Å²) < 4.78 is 16.0. The van der Waals surface area contributed by atoms with E-state index < -0.39 is 11.4 Å². The van der Waals surface area contributed by atoms with Gasteiger partial charge in [0.05, 0.1) is 21.3 Å². The molecule has 0 spiro atoms. The predicted octanol–water partition coefficient (Wildman–Crippen LogP) is 2.92. The Morgan fingerprint density at radius 3 is 2.15 bits per heavy atom. The topological polar surface area (TPSA) is 97.9 Å². The van der Waals surface area contributed by atoms with Crippen LogP contribution >= 0.6 is 0 Å². The van der Waals surface area contributed by atoms with Gasteiger partial charge in [0, 0.05) is 17.1 Å². The van der Waals surface area contributed by atoms with Crippen molar-refractivity contribution in [3.8, 4) is 28.4 Å². The molecule has 0 radical (unpaired) electrons. The fraction of sp³-hybridized carbons (Fsp3) is 0.158. The first-order chi connectivity index (χ1) is 12.5. The highest BCUT2D eigenvalue weighted by Crippen LogP contribution is 2.41. The largest absolute Gasteiger partial charge is 0.493 e. The lowest BCUT2D eigenvalue weighted by molar-refractivity contribution is 0.0695. The van der Waals surface area contributed by atoms with E-state index in [1.165, 1.54) is 27.5 Å². The number of aromatic nitrogens is 1. The molecule has 3 aromatic rings. The van der Waals surface area contributed by atoms with E-state index in [-0.39, 0.29) is 10.9 Å². The highest BCUT2D eigenvalue weighted by atomic mass is 16.5. The molecule has 0 saturated heterocycles. The highest BCUT2D eigenvalue weighted by Gasteiger charge is 2.16. The lowest BCUT2D eigenvalue weighted by atomic mass is 10.0. The number of benzene rings is 2. The van der Waals surface area contributed by atoms with Gasteiger partial charge in [-0.3, -0.25) is 4.79 Å². The quantitative estimate of drug-likeness (QED) is 0.730. The third kappa shape index (κ3) is 2.83. The Hall–Kier alpha value is -3.48. The van der Waals surface area contributed by atoms with E-state index in [0.717, 1.165) is 5.56 Å². The molecule has 7 nitrogen and oxygen atoms in total. The van der Waals surface area contributed by atoms with Gasteiger partial charge < -0.3 is 24.3 Å². The van der Waals surface area contributed by atoms with Gasteiger partial charge >= 0.3 is 5.97 Å². The molecular weight excluding hydrogens is 338 g/mol. The Labute approximate surface area is 148 Å². The lowest BCUT2D eigenvalue weighted by Crippen LogP contribution is -2.15. The van der Waals surface area contributed by atoms with Crippen LogP contribution in [-0.4, -0.2) is 37.4 Å². The molecule has 0 bridgehead atoms. The van der Waals surface area contributed by atoms with Crippen LogP contribution < -0.4 is 19.6 Å². The van der Waals surface area contributed by atoms with Crippen LogP contribution in [0.1, 0.15) is 10.4 Å². The SMILES string of the molecule is COc1cc(-c2ccc3[nH]cc(C(=O)O)c(=O)c3c2)cc(OC)c1OC. The maximum absolute atomic E-state index is 12.4. The molecule has 0 amide bonds. The standard InChI is InChI=1S/C19H17NO6/c1-24-15-7-11(8-16(25-2)18(15)26-3)10-4-5-14-12(6-10)17(21)13(9-20-14)19(22)23/h4-9H,1-3H3,(H,20,21)(H,22,23). The fourth-order valence-corrected chi connectivity index (χ4v) is 2.80. The average Bonchev–Trinajstić information content (AvgIpc) is 2.66. The van der Waals surface area contributed by atoms with Crippen molar-refractivity contribution in [2.45, 2.75) is 0 Å². The number of hydrogen-bond donors (Lipinski definition) is 2. The molecule has 26 heavy (non-hydrogen) atoms. The van der Waals surface area contributed by atoms with Crippen LogP contribution in [0, 0.1) is 0 Å². The van der Waals surface area contributed by atoms with Gasteiger partial charge in [-0.15, -0.1) is 0 Å². The van der Waals surface area contributed by atoms with Gasteiger partial charge in [0.15, 0.2) is 11.5 Å². The predicted molar refractivity (Wildman–Crippen MR) is 96.6 cm³/mol. The number of fused-ring (bicyclic) bond motifs is 1. The second-order valence-electron chi connectivity index (χ2n) is 5.51. The second-order valence-corrected chi connectivity index (χ2v) is 5.51. The summed E-state index contributed by atoms with van der Waals surface area (Å²) >= 11 is 0. The lowest BCUT2D eigenvalue weighted by Gasteiger charge is -2.14. The average molecular weight is 355 g/mol. The molecule has 2 N–H and O–H groups in total. The molecule has 0 atom stereocenters. The molecule has 1 heterocycles. The number of aromatic carboxylic acids is 1. The number of carboxylic acids is 1. The molecule has 2 aromatic carbocycles. The number of methoxy groups -OCH3 is 3. The minimum atomic E-state index is -1.27.